The molecule has 0 saturated carbocycles. The molecule has 15 heavy (non-hydrogen) atoms. The molecule has 1 nitrogen and oxygen atoms in total. The minimum absolute atomic E-state index is 0.0434. The van der Waals surface area contributed by atoms with Crippen molar-refractivity contribution in [2.45, 2.75) is 25.9 Å². The second-order valence-electron chi connectivity index (χ2n) is 3.69. The molecule has 1 N–H and O–H groups in total. The summed E-state index contributed by atoms with van der Waals surface area (Å²) in [6, 6.07) is 4.27. The van der Waals surface area contributed by atoms with Crippen molar-refractivity contribution in [1.82, 2.24) is 0 Å². The minimum atomic E-state index is -0.611. The van der Waals surface area contributed by atoms with Crippen LogP contribution in [0.15, 0.2) is 30.4 Å². The highest BCUT2D eigenvalue weighted by Gasteiger charge is 2.09. The molecule has 0 aliphatic carbocycles. The topological polar surface area (TPSA) is 20.2 Å². The summed E-state index contributed by atoms with van der Waals surface area (Å²) in [5.74, 6) is -0.465. The summed E-state index contributed by atoms with van der Waals surface area (Å²) in [4.78, 5) is 0. The largest absolute Gasteiger partial charge is 0.388 e. The highest BCUT2D eigenvalue weighted by molar-refractivity contribution is 6.30. The Hall–Kier alpha value is -0.860. The predicted molar refractivity (Wildman–Crippen MR) is 60.4 cm³/mol. The normalized spacial score (nSPS) is 12.5. The van der Waals surface area contributed by atoms with Gasteiger partial charge in [0.05, 0.1) is 11.1 Å². The Bertz CT molecular complexity index is 363. The van der Waals surface area contributed by atoms with E-state index in [-0.39, 0.29) is 5.02 Å². The Morgan fingerprint density at radius 3 is 2.80 bits per heavy atom. The molecular weight excluding hydrogens is 215 g/mol. The molecule has 3 heteroatoms. The monoisotopic (exact) mass is 228 g/mol. The zero-order chi connectivity index (χ0) is 11.4. The smallest absolute Gasteiger partial charge is 0.141 e. The van der Waals surface area contributed by atoms with Crippen LogP contribution in [0.1, 0.15) is 31.4 Å². The SMILES string of the molecule is C=C(C)CCC(O)c1ccc(F)c(Cl)c1. The predicted octanol–water partition coefficient (Wildman–Crippen LogP) is 3.87. The van der Waals surface area contributed by atoms with Gasteiger partial charge in [-0.1, -0.05) is 23.2 Å². The Morgan fingerprint density at radius 1 is 1.60 bits per heavy atom. The van der Waals surface area contributed by atoms with Gasteiger partial charge in [0, 0.05) is 0 Å². The van der Waals surface area contributed by atoms with Gasteiger partial charge in [-0.25, -0.2) is 4.39 Å². The van der Waals surface area contributed by atoms with Crippen LogP contribution in [0.2, 0.25) is 5.02 Å². The van der Waals surface area contributed by atoms with Crippen LogP contribution in [0, 0.1) is 5.82 Å². The summed E-state index contributed by atoms with van der Waals surface area (Å²) in [5, 5.41) is 9.81. The lowest BCUT2D eigenvalue weighted by Crippen LogP contribution is -1.98. The summed E-state index contributed by atoms with van der Waals surface area (Å²) >= 11 is 5.62. The first-order valence-corrected chi connectivity index (χ1v) is 5.16. The number of allylic oxidation sites excluding steroid dienone is 1. The number of hydrogen-bond donors (Lipinski definition) is 1. The average molecular weight is 229 g/mol. The quantitative estimate of drug-likeness (QED) is 0.776. The summed E-state index contributed by atoms with van der Waals surface area (Å²) in [6.07, 6.45) is 0.716. The van der Waals surface area contributed by atoms with Crippen LogP contribution in [0.3, 0.4) is 0 Å². The number of aliphatic hydroxyl groups excluding tert-OH is 1. The molecule has 0 aromatic heterocycles. The van der Waals surface area contributed by atoms with Crippen molar-refractivity contribution in [2.75, 3.05) is 0 Å². The van der Waals surface area contributed by atoms with Gasteiger partial charge < -0.3 is 5.11 Å². The van der Waals surface area contributed by atoms with Gasteiger partial charge >= 0.3 is 0 Å². The standard InChI is InChI=1S/C12H14ClFO/c1-8(2)3-6-12(15)9-4-5-11(14)10(13)7-9/h4-5,7,12,15H,1,3,6H2,2H3. The van der Waals surface area contributed by atoms with Crippen LogP contribution in [0.5, 0.6) is 0 Å². The van der Waals surface area contributed by atoms with Crippen LogP contribution in [0.4, 0.5) is 4.39 Å². The van der Waals surface area contributed by atoms with Crippen molar-refractivity contribution in [3.8, 4) is 0 Å². The van der Waals surface area contributed by atoms with Crippen molar-refractivity contribution in [2.24, 2.45) is 0 Å². The van der Waals surface area contributed by atoms with E-state index in [4.69, 9.17) is 11.6 Å². The van der Waals surface area contributed by atoms with Crippen LogP contribution in [-0.2, 0) is 0 Å². The second-order valence-corrected chi connectivity index (χ2v) is 4.09. The molecule has 1 atom stereocenters. The van der Waals surface area contributed by atoms with Crippen LogP contribution < -0.4 is 0 Å². The Labute approximate surface area is 94.2 Å². The van der Waals surface area contributed by atoms with E-state index in [0.29, 0.717) is 12.0 Å². The third-order valence-electron chi connectivity index (χ3n) is 2.17. The van der Waals surface area contributed by atoms with Crippen molar-refractivity contribution in [3.05, 3.63) is 46.8 Å². The van der Waals surface area contributed by atoms with Gasteiger partial charge in [-0.15, -0.1) is 6.58 Å². The molecule has 0 spiro atoms. The molecule has 0 bridgehead atoms. The molecule has 82 valence electrons. The maximum atomic E-state index is 12.8. The Kier molecular flexibility index (Phi) is 4.30. The van der Waals surface area contributed by atoms with E-state index in [1.165, 1.54) is 12.1 Å². The maximum Gasteiger partial charge on any atom is 0.141 e. The summed E-state index contributed by atoms with van der Waals surface area (Å²) in [5.41, 5.74) is 1.66. The molecule has 0 aliphatic rings. The first kappa shape index (κ1) is 12.2. The van der Waals surface area contributed by atoms with Crippen molar-refractivity contribution >= 4 is 11.6 Å². The van der Waals surface area contributed by atoms with E-state index in [1.807, 2.05) is 6.92 Å². The lowest BCUT2D eigenvalue weighted by atomic mass is 10.0. The van der Waals surface area contributed by atoms with Gasteiger partial charge in [-0.05, 0) is 37.5 Å². The Morgan fingerprint density at radius 2 is 2.27 bits per heavy atom. The zero-order valence-corrected chi connectivity index (χ0v) is 9.39. The lowest BCUT2D eigenvalue weighted by molar-refractivity contribution is 0.168. The van der Waals surface area contributed by atoms with Gasteiger partial charge in [0.25, 0.3) is 0 Å². The molecule has 0 radical (unpaired) electrons. The average Bonchev–Trinajstić information content (AvgIpc) is 2.18. The van der Waals surface area contributed by atoms with E-state index in [1.54, 1.807) is 6.07 Å². The fraction of sp³-hybridized carbons (Fsp3) is 0.333. The fourth-order valence-corrected chi connectivity index (χ4v) is 1.46. The second kappa shape index (κ2) is 5.29. The first-order valence-electron chi connectivity index (χ1n) is 4.78. The molecule has 0 aliphatic heterocycles. The number of rotatable bonds is 4. The Balaban J connectivity index is 2.69. The number of aliphatic hydroxyl groups is 1. The third kappa shape index (κ3) is 3.65. The van der Waals surface area contributed by atoms with Crippen LogP contribution in [0.25, 0.3) is 0 Å². The highest BCUT2D eigenvalue weighted by atomic mass is 35.5. The lowest BCUT2D eigenvalue weighted by Gasteiger charge is -2.11. The molecule has 0 fully saturated rings. The van der Waals surface area contributed by atoms with Gasteiger partial charge in [0.15, 0.2) is 0 Å². The first-order chi connectivity index (χ1) is 7.00. The van der Waals surface area contributed by atoms with E-state index < -0.39 is 11.9 Å². The molecule has 0 saturated heterocycles. The summed E-state index contributed by atoms with van der Waals surface area (Å²) in [7, 11) is 0. The van der Waals surface area contributed by atoms with E-state index in [9.17, 15) is 9.50 Å². The summed E-state index contributed by atoms with van der Waals surface area (Å²) in [6.45, 7) is 5.66. The molecular formula is C12H14ClFO. The molecule has 1 rings (SSSR count). The van der Waals surface area contributed by atoms with Crippen LogP contribution in [-0.4, -0.2) is 5.11 Å². The van der Waals surface area contributed by atoms with Gasteiger partial charge in [-0.3, -0.25) is 0 Å². The number of hydrogen-bond acceptors (Lipinski definition) is 1. The number of halogens is 2. The van der Waals surface area contributed by atoms with Gasteiger partial charge in [-0.2, -0.15) is 0 Å². The molecule has 1 unspecified atom stereocenters. The van der Waals surface area contributed by atoms with Crippen molar-refractivity contribution < 1.29 is 9.50 Å². The fourth-order valence-electron chi connectivity index (χ4n) is 1.27. The minimum Gasteiger partial charge on any atom is -0.388 e. The summed E-state index contributed by atoms with van der Waals surface area (Å²) < 4.78 is 12.8. The third-order valence-corrected chi connectivity index (χ3v) is 2.46. The zero-order valence-electron chi connectivity index (χ0n) is 8.63. The van der Waals surface area contributed by atoms with E-state index in [0.717, 1.165) is 12.0 Å². The molecule has 0 amide bonds. The molecule has 1 aromatic rings. The maximum absolute atomic E-state index is 12.8. The van der Waals surface area contributed by atoms with Crippen molar-refractivity contribution in [3.63, 3.8) is 0 Å². The van der Waals surface area contributed by atoms with E-state index in [2.05, 4.69) is 6.58 Å². The van der Waals surface area contributed by atoms with Gasteiger partial charge in [0.2, 0.25) is 0 Å². The molecule has 1 aromatic carbocycles. The van der Waals surface area contributed by atoms with E-state index >= 15 is 0 Å². The number of benzene rings is 1. The van der Waals surface area contributed by atoms with Gasteiger partial charge in [0.1, 0.15) is 5.82 Å². The van der Waals surface area contributed by atoms with Crippen molar-refractivity contribution in [1.29, 1.82) is 0 Å². The van der Waals surface area contributed by atoms with Crippen LogP contribution >= 0.6 is 11.6 Å². The molecule has 0 heterocycles. The highest BCUT2D eigenvalue weighted by Crippen LogP contribution is 2.24.